The average Bonchev–Trinajstić information content (AvgIpc) is 2.86. The van der Waals surface area contributed by atoms with Crippen molar-refractivity contribution in [2.45, 2.75) is 52.7 Å². The van der Waals surface area contributed by atoms with Gasteiger partial charge in [-0.25, -0.2) is 9.78 Å². The first-order valence-corrected chi connectivity index (χ1v) is 11.9. The predicted octanol–water partition coefficient (Wildman–Crippen LogP) is 6.41. The highest BCUT2D eigenvalue weighted by molar-refractivity contribution is 8.03. The summed E-state index contributed by atoms with van der Waals surface area (Å²) in [6, 6.07) is 6.69. The van der Waals surface area contributed by atoms with Gasteiger partial charge in [0, 0.05) is 6.42 Å². The van der Waals surface area contributed by atoms with Crippen LogP contribution in [0.2, 0.25) is 0 Å². The van der Waals surface area contributed by atoms with Gasteiger partial charge in [-0.3, -0.25) is 4.79 Å². The fraction of sp³-hybridized carbons (Fsp3) is 0.296. The summed E-state index contributed by atoms with van der Waals surface area (Å²) >= 11 is 1.48. The molecular formula is C27H34N2O4S. The summed E-state index contributed by atoms with van der Waals surface area (Å²) in [5.41, 5.74) is 2.03. The number of aromatic amines is 1. The topological polar surface area (TPSA) is 81.3 Å². The van der Waals surface area contributed by atoms with Gasteiger partial charge in [0.15, 0.2) is 0 Å². The zero-order valence-electron chi connectivity index (χ0n) is 20.8. The third kappa shape index (κ3) is 8.90. The van der Waals surface area contributed by atoms with Gasteiger partial charge < -0.3 is 14.5 Å². The maximum absolute atomic E-state index is 12.2. The van der Waals surface area contributed by atoms with E-state index in [1.807, 2.05) is 58.9 Å². The first-order valence-electron chi connectivity index (χ1n) is 11.1. The Balaban J connectivity index is 0.000000553. The number of allylic oxidation sites excluding steroid dienone is 7. The Labute approximate surface area is 206 Å². The number of fused-ring (bicyclic) bond motifs is 1. The van der Waals surface area contributed by atoms with E-state index in [0.29, 0.717) is 34.1 Å². The second-order valence-corrected chi connectivity index (χ2v) is 8.07. The van der Waals surface area contributed by atoms with E-state index in [2.05, 4.69) is 16.5 Å². The minimum absolute atomic E-state index is 0.0964. The quantitative estimate of drug-likeness (QED) is 0.291. The van der Waals surface area contributed by atoms with E-state index in [4.69, 9.17) is 9.47 Å². The van der Waals surface area contributed by atoms with Crippen molar-refractivity contribution >= 4 is 17.7 Å². The number of ether oxygens (including phenoxy) is 2. The molecule has 7 heteroatoms. The van der Waals surface area contributed by atoms with Crippen LogP contribution in [0.15, 0.2) is 81.5 Å². The molecule has 1 N–H and O–H groups in total. The Morgan fingerprint density at radius 1 is 1.24 bits per heavy atom. The third-order valence-corrected chi connectivity index (χ3v) is 5.70. The molecule has 1 aromatic heterocycles. The molecule has 1 aromatic carbocycles. The second-order valence-electron chi connectivity index (χ2n) is 6.87. The van der Waals surface area contributed by atoms with Crippen LogP contribution in [0.1, 0.15) is 56.4 Å². The Bertz CT molecular complexity index is 1110. The highest BCUT2D eigenvalue weighted by atomic mass is 32.2. The fourth-order valence-corrected chi connectivity index (χ4v) is 3.65. The molecule has 0 amide bonds. The summed E-state index contributed by atoms with van der Waals surface area (Å²) in [5, 5.41) is 0.680. The van der Waals surface area contributed by atoms with Crippen molar-refractivity contribution in [2.75, 3.05) is 7.11 Å². The number of carbonyl (C=O) groups is 1. The molecule has 0 spiro atoms. The molecule has 0 radical (unpaired) electrons. The Hall–Kier alpha value is -3.32. The van der Waals surface area contributed by atoms with Crippen molar-refractivity contribution in [3.05, 3.63) is 99.0 Å². The highest BCUT2D eigenvalue weighted by Gasteiger charge is 2.20. The van der Waals surface area contributed by atoms with Gasteiger partial charge >= 0.3 is 5.97 Å². The summed E-state index contributed by atoms with van der Waals surface area (Å²) in [4.78, 5) is 32.7. The molecule has 3 rings (SSSR count). The number of nitrogens with one attached hydrogen (secondary N) is 1. The number of rotatable bonds is 6. The van der Waals surface area contributed by atoms with E-state index in [1.54, 1.807) is 30.3 Å². The molecule has 0 atom stereocenters. The van der Waals surface area contributed by atoms with Gasteiger partial charge in [0.25, 0.3) is 5.56 Å². The van der Waals surface area contributed by atoms with Gasteiger partial charge in [-0.05, 0) is 43.9 Å². The van der Waals surface area contributed by atoms with Crippen molar-refractivity contribution in [1.29, 1.82) is 0 Å². The number of carbonyl (C=O) groups excluding carboxylic acids is 1. The number of thioether (sulfide) groups is 1. The number of esters is 1. The maximum Gasteiger partial charge on any atom is 0.338 e. The molecule has 0 unspecified atom stereocenters. The van der Waals surface area contributed by atoms with Crippen LogP contribution >= 0.6 is 11.8 Å². The Kier molecular flexibility index (Phi) is 13.1. The lowest BCUT2D eigenvalue weighted by Crippen LogP contribution is -2.21. The number of aromatic nitrogens is 2. The van der Waals surface area contributed by atoms with Crippen LogP contribution in [-0.4, -0.2) is 23.0 Å². The first-order chi connectivity index (χ1) is 16.4. The smallest absolute Gasteiger partial charge is 0.338 e. The van der Waals surface area contributed by atoms with Crippen LogP contribution in [0.25, 0.3) is 0 Å². The normalized spacial score (nSPS) is 12.3. The van der Waals surface area contributed by atoms with E-state index < -0.39 is 5.97 Å². The standard InChI is InChI=1S/C18H18N2O4S.C7H10.C2H6/c1-10-7-14-16(21)19-15(20-17(14)25-11(10)2)9-24-18(22)12-5-4-6-13(8-12)23-3;1-3-5-7-6-4-2;1-2/h4-6,8H,7,9H2,1-3H3,(H,19,20,21);3-7H,1H2,2H3;1-2H3/b;6-4-,7-5-;. The first kappa shape index (κ1) is 28.7. The van der Waals surface area contributed by atoms with Crippen molar-refractivity contribution in [2.24, 2.45) is 0 Å². The molecule has 0 bridgehead atoms. The largest absolute Gasteiger partial charge is 0.497 e. The van der Waals surface area contributed by atoms with Crippen molar-refractivity contribution < 1.29 is 14.3 Å². The van der Waals surface area contributed by atoms with Gasteiger partial charge in [0.05, 0.1) is 18.2 Å². The minimum Gasteiger partial charge on any atom is -0.497 e. The van der Waals surface area contributed by atoms with Crippen LogP contribution in [0.5, 0.6) is 5.75 Å². The van der Waals surface area contributed by atoms with Crippen LogP contribution in [0, 0.1) is 0 Å². The average molecular weight is 483 g/mol. The zero-order valence-corrected chi connectivity index (χ0v) is 21.6. The monoisotopic (exact) mass is 482 g/mol. The van der Waals surface area contributed by atoms with Crippen LogP contribution in [0.3, 0.4) is 0 Å². The van der Waals surface area contributed by atoms with Gasteiger partial charge in [-0.15, -0.1) is 0 Å². The lowest BCUT2D eigenvalue weighted by Gasteiger charge is -2.17. The molecule has 2 heterocycles. The molecule has 0 aliphatic carbocycles. The Morgan fingerprint density at radius 2 is 1.97 bits per heavy atom. The second kappa shape index (κ2) is 15.5. The molecule has 0 saturated heterocycles. The van der Waals surface area contributed by atoms with Gasteiger partial charge in [-0.2, -0.15) is 0 Å². The Morgan fingerprint density at radius 3 is 2.62 bits per heavy atom. The van der Waals surface area contributed by atoms with E-state index in [-0.39, 0.29) is 12.2 Å². The maximum atomic E-state index is 12.2. The molecule has 182 valence electrons. The van der Waals surface area contributed by atoms with Crippen molar-refractivity contribution in [1.82, 2.24) is 9.97 Å². The van der Waals surface area contributed by atoms with E-state index in [9.17, 15) is 9.59 Å². The lowest BCUT2D eigenvalue weighted by molar-refractivity contribution is 0.0460. The number of nitrogens with zero attached hydrogens (tertiary/aromatic N) is 1. The number of hydrogen-bond acceptors (Lipinski definition) is 6. The SMILES string of the molecule is C=C/C=C\C=C/C.CC.COc1cccc(C(=O)OCc2nc3c(c(=O)[nH]2)CC(C)=C(C)S3)c1. The van der Waals surface area contributed by atoms with Crippen LogP contribution in [-0.2, 0) is 17.8 Å². The van der Waals surface area contributed by atoms with Crippen LogP contribution in [0.4, 0.5) is 0 Å². The lowest BCUT2D eigenvalue weighted by atomic mass is 10.1. The van der Waals surface area contributed by atoms with Gasteiger partial charge in [0.2, 0.25) is 0 Å². The zero-order chi connectivity index (χ0) is 25.5. The number of H-pyrrole nitrogens is 1. The van der Waals surface area contributed by atoms with E-state index in [1.165, 1.54) is 24.4 Å². The minimum atomic E-state index is -0.501. The molecule has 2 aromatic rings. The summed E-state index contributed by atoms with van der Waals surface area (Å²) in [5.74, 6) is 0.405. The summed E-state index contributed by atoms with van der Waals surface area (Å²) in [6.07, 6.45) is 10.1. The molecule has 0 saturated carbocycles. The van der Waals surface area contributed by atoms with Gasteiger partial charge in [0.1, 0.15) is 23.2 Å². The summed E-state index contributed by atoms with van der Waals surface area (Å²) < 4.78 is 10.3. The molecule has 1 aliphatic heterocycles. The molecular weight excluding hydrogens is 448 g/mol. The predicted molar refractivity (Wildman–Crippen MR) is 140 cm³/mol. The highest BCUT2D eigenvalue weighted by Crippen LogP contribution is 2.34. The van der Waals surface area contributed by atoms with Crippen LogP contribution < -0.4 is 10.3 Å². The van der Waals surface area contributed by atoms with Crippen molar-refractivity contribution in [3.63, 3.8) is 0 Å². The molecule has 34 heavy (non-hydrogen) atoms. The van der Waals surface area contributed by atoms with Crippen molar-refractivity contribution in [3.8, 4) is 5.75 Å². The fourth-order valence-electron chi connectivity index (χ4n) is 2.67. The summed E-state index contributed by atoms with van der Waals surface area (Å²) in [7, 11) is 1.53. The molecule has 6 nitrogen and oxygen atoms in total. The number of methoxy groups -OCH3 is 1. The van der Waals surface area contributed by atoms with Gasteiger partial charge in [-0.1, -0.05) is 74.2 Å². The molecule has 1 aliphatic rings. The van der Waals surface area contributed by atoms with E-state index in [0.717, 1.165) is 4.91 Å². The number of benzene rings is 1. The van der Waals surface area contributed by atoms with E-state index >= 15 is 0 Å². The summed E-state index contributed by atoms with van der Waals surface area (Å²) in [6.45, 7) is 13.4. The number of hydrogen-bond donors (Lipinski definition) is 1. The molecule has 0 fully saturated rings. The third-order valence-electron chi connectivity index (χ3n) is 4.52.